The second-order valence-electron chi connectivity index (χ2n) is 1.99. The number of anilines is 1. The predicted molar refractivity (Wildman–Crippen MR) is 38.3 cm³/mol. The Bertz CT molecular complexity index is 357. The highest BCUT2D eigenvalue weighted by molar-refractivity contribution is 5.47. The third kappa shape index (κ3) is 1.85. The molecule has 0 atom stereocenters. The second kappa shape index (κ2) is 3.00. The van der Waals surface area contributed by atoms with E-state index in [1.807, 2.05) is 0 Å². The van der Waals surface area contributed by atoms with Crippen LogP contribution in [0.1, 0.15) is 0 Å². The van der Waals surface area contributed by atoms with Crippen LogP contribution in [-0.2, 0) is 7.05 Å². The van der Waals surface area contributed by atoms with Crippen LogP contribution < -0.4 is 5.43 Å². The molecule has 0 saturated heterocycles. The number of aromatic nitrogens is 3. The van der Waals surface area contributed by atoms with Gasteiger partial charge in [0.1, 0.15) is 0 Å². The van der Waals surface area contributed by atoms with Crippen LogP contribution in [0.4, 0.5) is 11.6 Å². The SMILES string of the molecule is Cn1nc(N[N+](=O)[O-])c([N+](=O)[O-])n1. The molecular formula is C3H4N6O4. The van der Waals surface area contributed by atoms with Gasteiger partial charge in [-0.05, 0) is 4.92 Å². The van der Waals surface area contributed by atoms with Gasteiger partial charge in [0.15, 0.2) is 5.03 Å². The van der Waals surface area contributed by atoms with Gasteiger partial charge in [0.25, 0.3) is 0 Å². The number of hydrogen-bond donors (Lipinski definition) is 1. The van der Waals surface area contributed by atoms with Crippen molar-refractivity contribution in [2.75, 3.05) is 5.43 Å². The summed E-state index contributed by atoms with van der Waals surface area (Å²) in [5.74, 6) is -1.17. The minimum atomic E-state index is -0.947. The van der Waals surface area contributed by atoms with Crippen LogP contribution in [0.25, 0.3) is 0 Å². The lowest BCUT2D eigenvalue weighted by Gasteiger charge is -1.89. The second-order valence-corrected chi connectivity index (χ2v) is 1.99. The van der Waals surface area contributed by atoms with E-state index in [2.05, 4.69) is 10.2 Å². The summed E-state index contributed by atoms with van der Waals surface area (Å²) in [7, 11) is 1.32. The summed E-state index contributed by atoms with van der Waals surface area (Å²) in [5, 5.41) is 25.9. The zero-order chi connectivity index (χ0) is 10.0. The first kappa shape index (κ1) is 8.83. The highest BCUT2D eigenvalue weighted by Gasteiger charge is 2.24. The van der Waals surface area contributed by atoms with Gasteiger partial charge in [0.2, 0.25) is 0 Å². The molecule has 0 aliphatic heterocycles. The van der Waals surface area contributed by atoms with Crippen molar-refractivity contribution in [3.05, 3.63) is 20.2 Å². The van der Waals surface area contributed by atoms with E-state index in [4.69, 9.17) is 0 Å². The fourth-order valence-corrected chi connectivity index (χ4v) is 0.678. The molecule has 13 heavy (non-hydrogen) atoms. The largest absolute Gasteiger partial charge is 0.440 e. The normalized spacial score (nSPS) is 9.62. The Labute approximate surface area is 70.4 Å². The van der Waals surface area contributed by atoms with Gasteiger partial charge in [0.05, 0.1) is 12.1 Å². The highest BCUT2D eigenvalue weighted by Crippen LogP contribution is 2.16. The van der Waals surface area contributed by atoms with E-state index in [0.717, 1.165) is 4.80 Å². The third-order valence-electron chi connectivity index (χ3n) is 1.07. The molecule has 1 rings (SSSR count). The molecule has 1 aromatic rings. The molecule has 0 unspecified atom stereocenters. The van der Waals surface area contributed by atoms with Crippen LogP contribution in [0, 0.1) is 20.2 Å². The van der Waals surface area contributed by atoms with Gasteiger partial charge in [-0.15, -0.1) is 5.10 Å². The molecule has 10 nitrogen and oxygen atoms in total. The minimum Gasteiger partial charge on any atom is -0.358 e. The van der Waals surface area contributed by atoms with Crippen LogP contribution in [0.2, 0.25) is 0 Å². The van der Waals surface area contributed by atoms with Crippen LogP contribution in [0.5, 0.6) is 0 Å². The van der Waals surface area contributed by atoms with Crippen molar-refractivity contribution < 1.29 is 9.96 Å². The smallest absolute Gasteiger partial charge is 0.358 e. The van der Waals surface area contributed by atoms with Gasteiger partial charge in [-0.1, -0.05) is 10.2 Å². The van der Waals surface area contributed by atoms with E-state index in [0.29, 0.717) is 0 Å². The lowest BCUT2D eigenvalue weighted by molar-refractivity contribution is -0.447. The molecule has 0 radical (unpaired) electrons. The molecule has 0 aliphatic rings. The van der Waals surface area contributed by atoms with Gasteiger partial charge in [-0.2, -0.15) is 0 Å². The Morgan fingerprint density at radius 1 is 1.38 bits per heavy atom. The standard InChI is InChI=1S/C3H4N6O4/c1-7-4-2(5-9(12)13)3(6-7)8(10)11/h1H3,(H,4,5). The van der Waals surface area contributed by atoms with Crippen LogP contribution >= 0.6 is 0 Å². The van der Waals surface area contributed by atoms with Gasteiger partial charge in [-0.3, -0.25) is 0 Å². The molecule has 1 aromatic heterocycles. The molecule has 1 heterocycles. The summed E-state index contributed by atoms with van der Waals surface area (Å²) in [5.41, 5.74) is 1.56. The van der Waals surface area contributed by atoms with Crippen LogP contribution in [0.3, 0.4) is 0 Å². The number of nitro groups is 2. The first-order chi connectivity index (χ1) is 6.00. The maximum Gasteiger partial charge on any atom is 0.440 e. The average Bonchev–Trinajstić information content (AvgIpc) is 2.29. The molecule has 70 valence electrons. The number of nitrogens with one attached hydrogen (secondary N) is 1. The van der Waals surface area contributed by atoms with E-state index in [1.54, 1.807) is 5.43 Å². The fraction of sp³-hybridized carbons (Fsp3) is 0.333. The molecule has 0 fully saturated rings. The monoisotopic (exact) mass is 188 g/mol. The topological polar surface area (TPSA) is 129 Å². The maximum atomic E-state index is 10.2. The van der Waals surface area contributed by atoms with Gasteiger partial charge in [-0.25, -0.2) is 10.1 Å². The summed E-state index contributed by atoms with van der Waals surface area (Å²) in [6, 6.07) is 0. The predicted octanol–water partition coefficient (Wildman–Crippen LogP) is -0.673. The Hall–Kier alpha value is -2.26. The van der Waals surface area contributed by atoms with E-state index in [9.17, 15) is 20.2 Å². The number of nitrogens with zero attached hydrogens (tertiary/aromatic N) is 5. The maximum absolute atomic E-state index is 10.2. The molecular weight excluding hydrogens is 184 g/mol. The molecule has 10 heteroatoms. The Morgan fingerprint density at radius 3 is 2.46 bits per heavy atom. The van der Waals surface area contributed by atoms with E-state index in [-0.39, 0.29) is 0 Å². The van der Waals surface area contributed by atoms with Crippen molar-refractivity contribution in [3.63, 3.8) is 0 Å². The summed E-state index contributed by atoms with van der Waals surface area (Å²) in [4.78, 5) is 20.2. The molecule has 0 amide bonds. The fourth-order valence-electron chi connectivity index (χ4n) is 0.678. The van der Waals surface area contributed by atoms with Gasteiger partial charge in [0, 0.05) is 0 Å². The summed E-state index contributed by atoms with van der Waals surface area (Å²) in [6.07, 6.45) is 0. The molecule has 0 spiro atoms. The molecule has 0 aliphatic carbocycles. The summed E-state index contributed by atoms with van der Waals surface area (Å²) < 4.78 is 0. The van der Waals surface area contributed by atoms with E-state index in [1.165, 1.54) is 7.05 Å². The first-order valence-electron chi connectivity index (χ1n) is 2.97. The van der Waals surface area contributed by atoms with Gasteiger partial charge >= 0.3 is 11.6 Å². The van der Waals surface area contributed by atoms with Crippen molar-refractivity contribution in [1.82, 2.24) is 15.0 Å². The quantitative estimate of drug-likeness (QED) is 0.491. The Balaban J connectivity index is 3.04. The molecule has 0 saturated carbocycles. The van der Waals surface area contributed by atoms with E-state index >= 15 is 0 Å². The summed E-state index contributed by atoms with van der Waals surface area (Å²) in [6.45, 7) is 0. The third-order valence-corrected chi connectivity index (χ3v) is 1.07. The molecule has 0 aromatic carbocycles. The summed E-state index contributed by atoms with van der Waals surface area (Å²) >= 11 is 0. The van der Waals surface area contributed by atoms with Crippen molar-refractivity contribution >= 4 is 11.6 Å². The van der Waals surface area contributed by atoms with Crippen LogP contribution in [0.15, 0.2) is 0 Å². The average molecular weight is 188 g/mol. The number of rotatable bonds is 3. The first-order valence-corrected chi connectivity index (χ1v) is 2.97. The lowest BCUT2D eigenvalue weighted by Crippen LogP contribution is -2.09. The zero-order valence-electron chi connectivity index (χ0n) is 6.37. The Morgan fingerprint density at radius 2 is 2.00 bits per heavy atom. The van der Waals surface area contributed by atoms with Crippen molar-refractivity contribution in [1.29, 1.82) is 0 Å². The molecule has 1 N–H and O–H groups in total. The lowest BCUT2D eigenvalue weighted by atomic mass is 10.7. The van der Waals surface area contributed by atoms with Crippen molar-refractivity contribution in [3.8, 4) is 0 Å². The molecule has 0 bridgehead atoms. The van der Waals surface area contributed by atoms with Crippen molar-refractivity contribution in [2.45, 2.75) is 0 Å². The zero-order valence-corrected chi connectivity index (χ0v) is 6.37. The highest BCUT2D eigenvalue weighted by atomic mass is 16.7. The Kier molecular flexibility index (Phi) is 2.04. The van der Waals surface area contributed by atoms with E-state index < -0.39 is 21.6 Å². The number of hydrazine groups is 1. The number of hydrogen-bond acceptors (Lipinski definition) is 6. The van der Waals surface area contributed by atoms with Gasteiger partial charge < -0.3 is 10.1 Å². The van der Waals surface area contributed by atoms with Crippen molar-refractivity contribution in [2.24, 2.45) is 7.05 Å². The van der Waals surface area contributed by atoms with Crippen LogP contribution in [-0.4, -0.2) is 24.9 Å². The minimum absolute atomic E-state index is 0.488. The number of aryl methyl sites for hydroxylation is 1.